The molecule has 0 saturated carbocycles. The Balaban J connectivity index is 3.17. The first kappa shape index (κ1) is 12.4. The molecular formula is C9H10NO6-. The second-order valence-electron chi connectivity index (χ2n) is 3.41. The number of carboxylic acids is 2. The number of rotatable bonds is 3. The molecule has 7 nitrogen and oxygen atoms in total. The fourth-order valence-electron chi connectivity index (χ4n) is 1.50. The molecule has 0 saturated heterocycles. The molecule has 0 aliphatic heterocycles. The summed E-state index contributed by atoms with van der Waals surface area (Å²) >= 11 is 0. The van der Waals surface area contributed by atoms with Crippen LogP contribution >= 0.6 is 0 Å². The van der Waals surface area contributed by atoms with E-state index in [-0.39, 0.29) is 11.1 Å². The van der Waals surface area contributed by atoms with E-state index >= 15 is 0 Å². The Hall–Kier alpha value is -1.70. The van der Waals surface area contributed by atoms with Crippen LogP contribution in [0.5, 0.6) is 0 Å². The first-order valence-electron chi connectivity index (χ1n) is 4.39. The third-order valence-corrected chi connectivity index (χ3v) is 2.41. The topological polar surface area (TPSA) is 121 Å². The molecule has 2 atom stereocenters. The number of carbonyl (C=O) groups is 2. The van der Waals surface area contributed by atoms with E-state index in [2.05, 4.69) is 0 Å². The zero-order valence-electron chi connectivity index (χ0n) is 8.32. The second-order valence-corrected chi connectivity index (χ2v) is 3.41. The summed E-state index contributed by atoms with van der Waals surface area (Å²) in [6, 6.07) is -1.21. The molecule has 0 radical (unpaired) electrons. The minimum Gasteiger partial charge on any atom is -0.762 e. The van der Waals surface area contributed by atoms with E-state index in [0.717, 1.165) is 12.2 Å². The van der Waals surface area contributed by atoms with Gasteiger partial charge in [0.05, 0.1) is 5.57 Å². The van der Waals surface area contributed by atoms with Gasteiger partial charge >= 0.3 is 11.9 Å². The first-order chi connectivity index (χ1) is 7.34. The SMILES string of the molecule is CC1C(C(=O)O)=CC(C(=O)O)=CC1N([O-])O. The predicted molar refractivity (Wildman–Crippen MR) is 51.4 cm³/mol. The standard InChI is InChI=1S/C9H10NO6/c1-4-6(9(13)14)2-5(8(11)12)3-7(4)10(15)16/h2-4,7,15H,1H3,(H,11,12)(H,13,14)/q-1. The summed E-state index contributed by atoms with van der Waals surface area (Å²) in [5.41, 5.74) is -0.546. The van der Waals surface area contributed by atoms with Crippen molar-refractivity contribution in [3.63, 3.8) is 0 Å². The maximum Gasteiger partial charge on any atom is 0.335 e. The van der Waals surface area contributed by atoms with Crippen molar-refractivity contribution in [2.45, 2.75) is 13.0 Å². The number of nitrogens with zero attached hydrogens (tertiary/aromatic N) is 1. The molecule has 3 N–H and O–H groups in total. The van der Waals surface area contributed by atoms with Crippen molar-refractivity contribution in [3.8, 4) is 0 Å². The molecule has 1 aliphatic rings. The lowest BCUT2D eigenvalue weighted by atomic mass is 9.86. The van der Waals surface area contributed by atoms with Crippen LogP contribution in [-0.4, -0.2) is 38.6 Å². The van der Waals surface area contributed by atoms with Crippen LogP contribution in [0.2, 0.25) is 0 Å². The lowest BCUT2D eigenvalue weighted by Gasteiger charge is -2.35. The van der Waals surface area contributed by atoms with Gasteiger partial charge in [0.15, 0.2) is 0 Å². The molecule has 0 heterocycles. The lowest BCUT2D eigenvalue weighted by molar-refractivity contribution is -0.134. The van der Waals surface area contributed by atoms with Gasteiger partial charge in [-0.05, 0) is 6.08 Å². The zero-order chi connectivity index (χ0) is 12.5. The second kappa shape index (κ2) is 4.44. The van der Waals surface area contributed by atoms with E-state index < -0.39 is 29.1 Å². The van der Waals surface area contributed by atoms with Gasteiger partial charge in [-0.3, -0.25) is 5.23 Å². The Bertz CT molecular complexity index is 383. The number of aliphatic carboxylic acids is 2. The molecule has 0 aromatic rings. The largest absolute Gasteiger partial charge is 0.762 e. The van der Waals surface area contributed by atoms with Crippen molar-refractivity contribution in [1.29, 1.82) is 0 Å². The van der Waals surface area contributed by atoms with E-state index in [1.54, 1.807) is 0 Å². The number of hydroxylamine groups is 2. The van der Waals surface area contributed by atoms with Crippen molar-refractivity contribution in [1.82, 2.24) is 5.23 Å². The molecule has 16 heavy (non-hydrogen) atoms. The van der Waals surface area contributed by atoms with Gasteiger partial charge in [-0.2, -0.15) is 0 Å². The molecule has 0 spiro atoms. The summed E-state index contributed by atoms with van der Waals surface area (Å²) in [4.78, 5) is 21.5. The van der Waals surface area contributed by atoms with Crippen LogP contribution in [0.3, 0.4) is 0 Å². The molecule has 88 valence electrons. The molecule has 1 rings (SSSR count). The Morgan fingerprint density at radius 1 is 1.38 bits per heavy atom. The summed E-state index contributed by atoms with van der Waals surface area (Å²) in [7, 11) is 0. The monoisotopic (exact) mass is 228 g/mol. The van der Waals surface area contributed by atoms with Crippen molar-refractivity contribution in [2.75, 3.05) is 0 Å². The van der Waals surface area contributed by atoms with Crippen LogP contribution < -0.4 is 0 Å². The van der Waals surface area contributed by atoms with Crippen molar-refractivity contribution in [2.24, 2.45) is 5.92 Å². The van der Waals surface area contributed by atoms with E-state index in [4.69, 9.17) is 15.4 Å². The predicted octanol–water partition coefficient (Wildman–Crippen LogP) is 0.216. The van der Waals surface area contributed by atoms with Crippen LogP contribution in [0.25, 0.3) is 0 Å². The zero-order valence-corrected chi connectivity index (χ0v) is 8.32. The molecule has 1 aliphatic carbocycles. The van der Waals surface area contributed by atoms with Gasteiger partial charge in [-0.1, -0.05) is 13.0 Å². The number of hydrogen-bond donors (Lipinski definition) is 3. The highest BCUT2D eigenvalue weighted by Crippen LogP contribution is 2.27. The van der Waals surface area contributed by atoms with Crippen LogP contribution in [0.15, 0.2) is 23.3 Å². The van der Waals surface area contributed by atoms with Gasteiger partial charge in [0.2, 0.25) is 0 Å². The maximum atomic E-state index is 10.8. The van der Waals surface area contributed by atoms with E-state index in [1.807, 2.05) is 0 Å². The minimum absolute atomic E-state index is 0.222. The van der Waals surface area contributed by atoms with Crippen LogP contribution in [-0.2, 0) is 9.59 Å². The third-order valence-electron chi connectivity index (χ3n) is 2.41. The summed E-state index contributed by atoms with van der Waals surface area (Å²) in [6.45, 7) is 1.42. The maximum absolute atomic E-state index is 10.8. The summed E-state index contributed by atoms with van der Waals surface area (Å²) < 4.78 is 0. The fraction of sp³-hybridized carbons (Fsp3) is 0.333. The van der Waals surface area contributed by atoms with Crippen molar-refractivity contribution >= 4 is 11.9 Å². The van der Waals surface area contributed by atoms with Gasteiger partial charge < -0.3 is 20.6 Å². The van der Waals surface area contributed by atoms with Crippen LogP contribution in [0.4, 0.5) is 0 Å². The lowest BCUT2D eigenvalue weighted by Crippen LogP contribution is -2.36. The molecule has 0 bridgehead atoms. The van der Waals surface area contributed by atoms with Gasteiger partial charge in [-0.25, -0.2) is 9.59 Å². The van der Waals surface area contributed by atoms with E-state index in [0.29, 0.717) is 0 Å². The average molecular weight is 228 g/mol. The molecule has 0 fully saturated rings. The molecule has 0 aromatic carbocycles. The Labute approximate surface area is 90.4 Å². The van der Waals surface area contributed by atoms with E-state index in [1.165, 1.54) is 6.92 Å². The molecule has 0 amide bonds. The summed E-state index contributed by atoms with van der Waals surface area (Å²) in [5.74, 6) is -3.45. The molecule has 2 unspecified atom stereocenters. The van der Waals surface area contributed by atoms with Gasteiger partial charge in [0, 0.05) is 17.5 Å². The van der Waals surface area contributed by atoms with Crippen LogP contribution in [0.1, 0.15) is 6.92 Å². The highest BCUT2D eigenvalue weighted by atomic mass is 16.8. The molecule has 7 heteroatoms. The number of hydrogen-bond acceptors (Lipinski definition) is 5. The van der Waals surface area contributed by atoms with Crippen molar-refractivity contribution < 1.29 is 25.0 Å². The Morgan fingerprint density at radius 3 is 2.31 bits per heavy atom. The van der Waals surface area contributed by atoms with Crippen molar-refractivity contribution in [3.05, 3.63) is 28.5 Å². The average Bonchev–Trinajstić information content (AvgIpc) is 2.16. The van der Waals surface area contributed by atoms with Crippen LogP contribution in [0, 0.1) is 11.1 Å². The first-order valence-corrected chi connectivity index (χ1v) is 4.39. The quantitative estimate of drug-likeness (QED) is 0.590. The fourth-order valence-corrected chi connectivity index (χ4v) is 1.50. The Morgan fingerprint density at radius 2 is 1.94 bits per heavy atom. The summed E-state index contributed by atoms with van der Waals surface area (Å²) in [5, 5.41) is 36.6. The van der Waals surface area contributed by atoms with Gasteiger partial charge in [-0.15, -0.1) is 0 Å². The van der Waals surface area contributed by atoms with E-state index in [9.17, 15) is 14.8 Å². The third kappa shape index (κ3) is 2.27. The highest BCUT2D eigenvalue weighted by molar-refractivity contribution is 5.96. The Kier molecular flexibility index (Phi) is 3.43. The van der Waals surface area contributed by atoms with Gasteiger partial charge in [0.1, 0.15) is 0 Å². The normalized spacial score (nSPS) is 25.0. The molecule has 0 aromatic heterocycles. The highest BCUT2D eigenvalue weighted by Gasteiger charge is 2.30. The minimum atomic E-state index is -1.35. The van der Waals surface area contributed by atoms with Gasteiger partial charge in [0.25, 0.3) is 0 Å². The number of carboxylic acid groups (broad SMARTS) is 2. The molecular weight excluding hydrogens is 218 g/mol. The smallest absolute Gasteiger partial charge is 0.335 e. The summed E-state index contributed by atoms with van der Waals surface area (Å²) in [6.07, 6.45) is 2.00.